The Morgan fingerprint density at radius 2 is 2.27 bits per heavy atom. The van der Waals surface area contributed by atoms with Crippen LogP contribution >= 0.6 is 11.8 Å². The van der Waals surface area contributed by atoms with Crippen molar-refractivity contribution in [2.45, 2.75) is 30.9 Å². The number of aromatic nitrogens is 1. The SMILES string of the molecule is COC(C)(C)CCSc1ncccc1N. The molecule has 84 valence electrons. The second kappa shape index (κ2) is 5.37. The van der Waals surface area contributed by atoms with Gasteiger partial charge in [0.15, 0.2) is 0 Å². The number of rotatable bonds is 5. The number of nitrogens with zero attached hydrogens (tertiary/aromatic N) is 1. The Balaban J connectivity index is 2.42. The first kappa shape index (κ1) is 12.3. The highest BCUT2D eigenvalue weighted by atomic mass is 32.2. The molecule has 1 heterocycles. The Hall–Kier alpha value is -0.740. The maximum Gasteiger partial charge on any atom is 0.119 e. The minimum atomic E-state index is -0.0729. The van der Waals surface area contributed by atoms with Gasteiger partial charge in [-0.25, -0.2) is 4.98 Å². The van der Waals surface area contributed by atoms with Crippen LogP contribution in [0.15, 0.2) is 23.4 Å². The molecule has 0 saturated carbocycles. The third-order valence-corrected chi connectivity index (χ3v) is 3.32. The summed E-state index contributed by atoms with van der Waals surface area (Å²) >= 11 is 1.67. The maximum atomic E-state index is 5.79. The van der Waals surface area contributed by atoms with Gasteiger partial charge in [-0.05, 0) is 32.4 Å². The van der Waals surface area contributed by atoms with E-state index in [0.29, 0.717) is 0 Å². The van der Waals surface area contributed by atoms with E-state index < -0.39 is 0 Å². The molecule has 0 unspecified atom stereocenters. The molecule has 0 bridgehead atoms. The van der Waals surface area contributed by atoms with Gasteiger partial charge in [-0.3, -0.25) is 0 Å². The highest BCUT2D eigenvalue weighted by Gasteiger charge is 2.15. The Kier molecular flexibility index (Phi) is 4.42. The van der Waals surface area contributed by atoms with Crippen molar-refractivity contribution in [2.24, 2.45) is 0 Å². The Morgan fingerprint density at radius 1 is 1.53 bits per heavy atom. The average molecular weight is 226 g/mol. The van der Waals surface area contributed by atoms with Crippen molar-refractivity contribution in [3.05, 3.63) is 18.3 Å². The van der Waals surface area contributed by atoms with Gasteiger partial charge < -0.3 is 10.5 Å². The van der Waals surface area contributed by atoms with Gasteiger partial charge in [-0.2, -0.15) is 0 Å². The molecule has 4 heteroatoms. The predicted octanol–water partition coefficient (Wildman–Crippen LogP) is 2.57. The molecule has 0 atom stereocenters. The number of nitrogen functional groups attached to an aromatic ring is 1. The number of hydrogen-bond acceptors (Lipinski definition) is 4. The fourth-order valence-corrected chi connectivity index (χ4v) is 2.18. The first-order chi connectivity index (χ1) is 7.05. The van der Waals surface area contributed by atoms with Crippen LogP contribution in [0.4, 0.5) is 5.69 Å². The molecular formula is C11H18N2OS. The molecule has 2 N–H and O–H groups in total. The molecule has 1 rings (SSSR count). The van der Waals surface area contributed by atoms with E-state index in [-0.39, 0.29) is 5.60 Å². The van der Waals surface area contributed by atoms with Crippen molar-refractivity contribution < 1.29 is 4.74 Å². The molecule has 1 aromatic heterocycles. The van der Waals surface area contributed by atoms with Gasteiger partial charge in [0.05, 0.1) is 11.3 Å². The minimum Gasteiger partial charge on any atom is -0.397 e. The van der Waals surface area contributed by atoms with Crippen LogP contribution in [0.1, 0.15) is 20.3 Å². The van der Waals surface area contributed by atoms with Crippen LogP contribution in [0.2, 0.25) is 0 Å². The summed E-state index contributed by atoms with van der Waals surface area (Å²) < 4.78 is 5.34. The van der Waals surface area contributed by atoms with Crippen molar-refractivity contribution in [3.63, 3.8) is 0 Å². The monoisotopic (exact) mass is 226 g/mol. The molecule has 0 saturated heterocycles. The summed E-state index contributed by atoms with van der Waals surface area (Å²) in [4.78, 5) is 4.22. The average Bonchev–Trinajstić information content (AvgIpc) is 2.21. The molecule has 15 heavy (non-hydrogen) atoms. The summed E-state index contributed by atoms with van der Waals surface area (Å²) in [6.07, 6.45) is 2.74. The number of nitrogens with two attached hydrogens (primary N) is 1. The van der Waals surface area contributed by atoms with Crippen molar-refractivity contribution in [2.75, 3.05) is 18.6 Å². The largest absolute Gasteiger partial charge is 0.397 e. The van der Waals surface area contributed by atoms with Gasteiger partial charge in [-0.1, -0.05) is 0 Å². The van der Waals surface area contributed by atoms with E-state index in [2.05, 4.69) is 18.8 Å². The second-order valence-corrected chi connectivity index (χ2v) is 5.04. The zero-order valence-electron chi connectivity index (χ0n) is 9.49. The van der Waals surface area contributed by atoms with Crippen molar-refractivity contribution in [3.8, 4) is 0 Å². The van der Waals surface area contributed by atoms with Crippen LogP contribution in [-0.2, 0) is 4.74 Å². The molecule has 0 aliphatic rings. The first-order valence-corrected chi connectivity index (χ1v) is 5.92. The summed E-state index contributed by atoms with van der Waals surface area (Å²) in [6.45, 7) is 4.16. The van der Waals surface area contributed by atoms with Gasteiger partial charge in [0.25, 0.3) is 0 Å². The van der Waals surface area contributed by atoms with Crippen LogP contribution in [0.25, 0.3) is 0 Å². The van der Waals surface area contributed by atoms with Crippen LogP contribution in [-0.4, -0.2) is 23.4 Å². The van der Waals surface area contributed by atoms with E-state index in [4.69, 9.17) is 10.5 Å². The Bertz CT molecular complexity index is 315. The molecular weight excluding hydrogens is 208 g/mol. The van der Waals surface area contributed by atoms with Gasteiger partial charge in [0.1, 0.15) is 5.03 Å². The van der Waals surface area contributed by atoms with E-state index in [0.717, 1.165) is 22.9 Å². The molecule has 0 radical (unpaired) electrons. The molecule has 0 amide bonds. The summed E-state index contributed by atoms with van der Waals surface area (Å²) in [5.74, 6) is 0.960. The third-order valence-electron chi connectivity index (χ3n) is 2.30. The quantitative estimate of drug-likeness (QED) is 0.784. The summed E-state index contributed by atoms with van der Waals surface area (Å²) in [5, 5.41) is 0.907. The number of pyridine rings is 1. The smallest absolute Gasteiger partial charge is 0.119 e. The Labute approximate surface area is 95.4 Å². The zero-order valence-corrected chi connectivity index (χ0v) is 10.3. The lowest BCUT2D eigenvalue weighted by Gasteiger charge is -2.22. The van der Waals surface area contributed by atoms with Gasteiger partial charge >= 0.3 is 0 Å². The summed E-state index contributed by atoms with van der Waals surface area (Å²) in [6, 6.07) is 3.72. The highest BCUT2D eigenvalue weighted by molar-refractivity contribution is 7.99. The topological polar surface area (TPSA) is 48.1 Å². The second-order valence-electron chi connectivity index (χ2n) is 3.96. The molecule has 0 aromatic carbocycles. The van der Waals surface area contributed by atoms with Crippen LogP contribution < -0.4 is 5.73 Å². The van der Waals surface area contributed by atoms with Crippen molar-refractivity contribution in [1.29, 1.82) is 0 Å². The molecule has 0 spiro atoms. The molecule has 0 aliphatic carbocycles. The standard InChI is InChI=1S/C11H18N2OS/c1-11(2,14-3)6-8-15-10-9(12)5-4-7-13-10/h4-5,7H,6,8,12H2,1-3H3. The fraction of sp³-hybridized carbons (Fsp3) is 0.545. The Morgan fingerprint density at radius 3 is 2.87 bits per heavy atom. The van der Waals surface area contributed by atoms with E-state index in [1.807, 2.05) is 12.1 Å². The summed E-state index contributed by atoms with van der Waals surface area (Å²) in [7, 11) is 1.74. The van der Waals surface area contributed by atoms with E-state index in [9.17, 15) is 0 Å². The maximum absolute atomic E-state index is 5.79. The zero-order chi connectivity index (χ0) is 11.3. The number of hydrogen-bond donors (Lipinski definition) is 1. The van der Waals surface area contributed by atoms with E-state index >= 15 is 0 Å². The number of anilines is 1. The molecule has 1 aromatic rings. The first-order valence-electron chi connectivity index (χ1n) is 4.93. The number of ether oxygens (including phenoxy) is 1. The fourth-order valence-electron chi connectivity index (χ4n) is 1.02. The van der Waals surface area contributed by atoms with Crippen LogP contribution in [0, 0.1) is 0 Å². The number of thioether (sulfide) groups is 1. The molecule has 3 nitrogen and oxygen atoms in total. The summed E-state index contributed by atoms with van der Waals surface area (Å²) in [5.41, 5.74) is 6.46. The van der Waals surface area contributed by atoms with Gasteiger partial charge in [-0.15, -0.1) is 11.8 Å². The van der Waals surface area contributed by atoms with Gasteiger partial charge in [0.2, 0.25) is 0 Å². The predicted molar refractivity (Wildman–Crippen MR) is 65.1 cm³/mol. The van der Waals surface area contributed by atoms with Crippen molar-refractivity contribution in [1.82, 2.24) is 4.98 Å². The molecule has 0 aliphatic heterocycles. The lowest BCUT2D eigenvalue weighted by molar-refractivity contribution is 0.0207. The van der Waals surface area contributed by atoms with E-state index in [1.54, 1.807) is 25.1 Å². The molecule has 0 fully saturated rings. The minimum absolute atomic E-state index is 0.0729. The van der Waals surface area contributed by atoms with Crippen molar-refractivity contribution >= 4 is 17.4 Å². The third kappa shape index (κ3) is 4.10. The van der Waals surface area contributed by atoms with Crippen LogP contribution in [0.3, 0.4) is 0 Å². The lowest BCUT2D eigenvalue weighted by atomic mass is 10.1. The number of methoxy groups -OCH3 is 1. The normalized spacial score (nSPS) is 11.7. The highest BCUT2D eigenvalue weighted by Crippen LogP contribution is 2.25. The van der Waals surface area contributed by atoms with Gasteiger partial charge in [0, 0.05) is 19.1 Å². The van der Waals surface area contributed by atoms with E-state index in [1.165, 1.54) is 0 Å². The lowest BCUT2D eigenvalue weighted by Crippen LogP contribution is -2.23. The van der Waals surface area contributed by atoms with Crippen LogP contribution in [0.5, 0.6) is 0 Å².